The summed E-state index contributed by atoms with van der Waals surface area (Å²) in [5, 5.41) is 0. The molecule has 0 saturated carbocycles. The minimum absolute atomic E-state index is 0.102. The summed E-state index contributed by atoms with van der Waals surface area (Å²) in [4.78, 5) is 19.0. The molecule has 0 radical (unpaired) electrons. The molecule has 1 heterocycles. The molecule has 14 heavy (non-hydrogen) atoms. The van der Waals surface area contributed by atoms with Crippen LogP contribution in [0.15, 0.2) is 12.4 Å². The minimum atomic E-state index is 0.102. The molecular formula is C10H15N3O. The quantitative estimate of drug-likeness (QED) is 0.780. The Morgan fingerprint density at radius 1 is 1.43 bits per heavy atom. The molecule has 4 heteroatoms. The lowest BCUT2D eigenvalue weighted by molar-refractivity contribution is -0.121. The summed E-state index contributed by atoms with van der Waals surface area (Å²) in [6.45, 7) is 3.81. The van der Waals surface area contributed by atoms with Crippen LogP contribution in [0, 0.1) is 5.92 Å². The van der Waals surface area contributed by atoms with Gasteiger partial charge in [0.05, 0.1) is 0 Å². The third kappa shape index (κ3) is 3.12. The van der Waals surface area contributed by atoms with Crippen molar-refractivity contribution in [3.63, 3.8) is 0 Å². The molecule has 0 aromatic carbocycles. The molecule has 1 rings (SSSR count). The summed E-state index contributed by atoms with van der Waals surface area (Å²) in [6.07, 6.45) is 4.56. The molecular weight excluding hydrogens is 178 g/mol. The fourth-order valence-electron chi connectivity index (χ4n) is 1.05. The number of Topliss-reactive ketones (excluding diaryl/α,β-unsaturated/α-hetero) is 1. The van der Waals surface area contributed by atoms with E-state index in [1.54, 1.807) is 12.4 Å². The van der Waals surface area contributed by atoms with Gasteiger partial charge in [-0.05, 0) is 12.0 Å². The number of nitrogens with zero attached hydrogens (tertiary/aromatic N) is 2. The van der Waals surface area contributed by atoms with Gasteiger partial charge in [0.25, 0.3) is 0 Å². The maximum absolute atomic E-state index is 11.3. The lowest BCUT2D eigenvalue weighted by Gasteiger charge is -2.03. The lowest BCUT2D eigenvalue weighted by Crippen LogP contribution is -2.08. The van der Waals surface area contributed by atoms with E-state index in [0.717, 1.165) is 5.56 Å². The molecule has 0 bridgehead atoms. The van der Waals surface area contributed by atoms with E-state index in [1.807, 2.05) is 13.8 Å². The third-order valence-corrected chi connectivity index (χ3v) is 2.03. The summed E-state index contributed by atoms with van der Waals surface area (Å²) in [5.41, 5.74) is 6.29. The van der Waals surface area contributed by atoms with Crippen molar-refractivity contribution in [2.24, 2.45) is 5.92 Å². The molecule has 0 aliphatic rings. The van der Waals surface area contributed by atoms with E-state index in [0.29, 0.717) is 12.8 Å². The smallest absolute Gasteiger partial charge is 0.219 e. The van der Waals surface area contributed by atoms with Gasteiger partial charge in [-0.25, -0.2) is 9.97 Å². The first kappa shape index (κ1) is 10.6. The standard InChI is InChI=1S/C10H15N3O/c1-7(2)9(14)4-3-8-5-12-10(11)13-6-8/h5-7H,3-4H2,1-2H3,(H2,11,12,13). The van der Waals surface area contributed by atoms with Crippen LogP contribution < -0.4 is 5.73 Å². The van der Waals surface area contributed by atoms with E-state index in [1.165, 1.54) is 0 Å². The molecule has 0 atom stereocenters. The molecule has 0 amide bonds. The normalized spacial score (nSPS) is 10.5. The number of nitrogens with two attached hydrogens (primary N) is 1. The predicted octanol–water partition coefficient (Wildman–Crippen LogP) is 1.22. The average Bonchev–Trinajstić information content (AvgIpc) is 2.16. The van der Waals surface area contributed by atoms with Gasteiger partial charge in [0.2, 0.25) is 5.95 Å². The van der Waals surface area contributed by atoms with E-state index in [4.69, 9.17) is 5.73 Å². The lowest BCUT2D eigenvalue weighted by atomic mass is 10.0. The summed E-state index contributed by atoms with van der Waals surface area (Å²) in [7, 11) is 0. The Morgan fingerprint density at radius 3 is 2.50 bits per heavy atom. The van der Waals surface area contributed by atoms with Gasteiger partial charge in [0, 0.05) is 24.7 Å². The molecule has 0 spiro atoms. The first-order chi connectivity index (χ1) is 6.59. The number of hydrogen-bond donors (Lipinski definition) is 1. The average molecular weight is 193 g/mol. The second kappa shape index (κ2) is 4.69. The van der Waals surface area contributed by atoms with E-state index >= 15 is 0 Å². The van der Waals surface area contributed by atoms with Crippen molar-refractivity contribution >= 4 is 11.7 Å². The number of aryl methyl sites for hydroxylation is 1. The Hall–Kier alpha value is -1.45. The van der Waals surface area contributed by atoms with Crippen LogP contribution in [-0.2, 0) is 11.2 Å². The number of carbonyl (C=O) groups is 1. The second-order valence-corrected chi connectivity index (χ2v) is 3.57. The van der Waals surface area contributed by atoms with Crippen LogP contribution in [0.3, 0.4) is 0 Å². The summed E-state index contributed by atoms with van der Waals surface area (Å²) in [5.74, 6) is 0.635. The number of rotatable bonds is 4. The van der Waals surface area contributed by atoms with Crippen molar-refractivity contribution in [3.05, 3.63) is 18.0 Å². The van der Waals surface area contributed by atoms with Gasteiger partial charge in [-0.2, -0.15) is 0 Å². The summed E-state index contributed by atoms with van der Waals surface area (Å²) >= 11 is 0. The molecule has 2 N–H and O–H groups in total. The fourth-order valence-corrected chi connectivity index (χ4v) is 1.05. The highest BCUT2D eigenvalue weighted by molar-refractivity contribution is 5.80. The number of anilines is 1. The van der Waals surface area contributed by atoms with Crippen molar-refractivity contribution in [3.8, 4) is 0 Å². The topological polar surface area (TPSA) is 68.9 Å². The molecule has 4 nitrogen and oxygen atoms in total. The highest BCUT2D eigenvalue weighted by Gasteiger charge is 2.07. The van der Waals surface area contributed by atoms with Crippen molar-refractivity contribution in [2.45, 2.75) is 26.7 Å². The molecule has 76 valence electrons. The summed E-state index contributed by atoms with van der Waals surface area (Å²) < 4.78 is 0. The third-order valence-electron chi connectivity index (χ3n) is 2.03. The van der Waals surface area contributed by atoms with E-state index < -0.39 is 0 Å². The highest BCUT2D eigenvalue weighted by atomic mass is 16.1. The van der Waals surface area contributed by atoms with E-state index in [-0.39, 0.29) is 17.6 Å². The molecule has 0 fully saturated rings. The molecule has 1 aromatic heterocycles. The van der Waals surface area contributed by atoms with E-state index in [9.17, 15) is 4.79 Å². The number of aromatic nitrogens is 2. The van der Waals surface area contributed by atoms with Crippen molar-refractivity contribution in [2.75, 3.05) is 5.73 Å². The predicted molar refractivity (Wildman–Crippen MR) is 54.6 cm³/mol. The Labute approximate surface area is 83.6 Å². The Kier molecular flexibility index (Phi) is 3.56. The van der Waals surface area contributed by atoms with Crippen LogP contribution in [0.25, 0.3) is 0 Å². The number of carbonyl (C=O) groups excluding carboxylic acids is 1. The molecule has 0 saturated heterocycles. The maximum atomic E-state index is 11.3. The number of hydrogen-bond acceptors (Lipinski definition) is 4. The molecule has 0 unspecified atom stereocenters. The first-order valence-electron chi connectivity index (χ1n) is 4.68. The first-order valence-corrected chi connectivity index (χ1v) is 4.68. The minimum Gasteiger partial charge on any atom is -0.368 e. The summed E-state index contributed by atoms with van der Waals surface area (Å²) in [6, 6.07) is 0. The highest BCUT2D eigenvalue weighted by Crippen LogP contribution is 2.05. The SMILES string of the molecule is CC(C)C(=O)CCc1cnc(N)nc1. The monoisotopic (exact) mass is 193 g/mol. The van der Waals surface area contributed by atoms with Crippen molar-refractivity contribution < 1.29 is 4.79 Å². The van der Waals surface area contributed by atoms with Crippen molar-refractivity contribution in [1.82, 2.24) is 9.97 Å². The van der Waals surface area contributed by atoms with Gasteiger partial charge in [0.15, 0.2) is 0 Å². The van der Waals surface area contributed by atoms with Gasteiger partial charge in [-0.3, -0.25) is 4.79 Å². The van der Waals surface area contributed by atoms with Gasteiger partial charge in [-0.1, -0.05) is 13.8 Å². The van der Waals surface area contributed by atoms with Crippen LogP contribution in [-0.4, -0.2) is 15.8 Å². The van der Waals surface area contributed by atoms with Gasteiger partial charge >= 0.3 is 0 Å². The Bertz CT molecular complexity index is 306. The second-order valence-electron chi connectivity index (χ2n) is 3.57. The van der Waals surface area contributed by atoms with Crippen molar-refractivity contribution in [1.29, 1.82) is 0 Å². The zero-order valence-electron chi connectivity index (χ0n) is 8.53. The number of nitrogen functional groups attached to an aromatic ring is 1. The van der Waals surface area contributed by atoms with Crippen LogP contribution >= 0.6 is 0 Å². The molecule has 1 aromatic rings. The largest absolute Gasteiger partial charge is 0.368 e. The molecule has 0 aliphatic heterocycles. The van der Waals surface area contributed by atoms with Gasteiger partial charge in [-0.15, -0.1) is 0 Å². The fraction of sp³-hybridized carbons (Fsp3) is 0.500. The molecule has 0 aliphatic carbocycles. The van der Waals surface area contributed by atoms with Gasteiger partial charge in [0.1, 0.15) is 5.78 Å². The van der Waals surface area contributed by atoms with Crippen LogP contribution in [0.5, 0.6) is 0 Å². The van der Waals surface area contributed by atoms with Gasteiger partial charge < -0.3 is 5.73 Å². The van der Waals surface area contributed by atoms with Crippen LogP contribution in [0.1, 0.15) is 25.8 Å². The Morgan fingerprint density at radius 2 is 2.00 bits per heavy atom. The maximum Gasteiger partial charge on any atom is 0.219 e. The van der Waals surface area contributed by atoms with Crippen LogP contribution in [0.2, 0.25) is 0 Å². The Balaban J connectivity index is 2.46. The zero-order valence-corrected chi connectivity index (χ0v) is 8.53. The van der Waals surface area contributed by atoms with E-state index in [2.05, 4.69) is 9.97 Å². The number of ketones is 1. The van der Waals surface area contributed by atoms with Crippen LogP contribution in [0.4, 0.5) is 5.95 Å². The zero-order chi connectivity index (χ0) is 10.6.